The Kier molecular flexibility index (Phi) is 6.25. The van der Waals surface area contributed by atoms with Crippen molar-refractivity contribution in [2.75, 3.05) is 45.2 Å². The fraction of sp³-hybridized carbons (Fsp3) is 0.739. The van der Waals surface area contributed by atoms with Gasteiger partial charge in [0, 0.05) is 64.7 Å². The third kappa shape index (κ3) is 4.30. The SMILES string of the molecule is CN(C)c1ncc2c(n1)C1(CCCN(C(=O)CCC(=O)N3CCCCCC3)C1)CC2. The third-order valence-electron chi connectivity index (χ3n) is 7.07. The molecule has 7 heteroatoms. The second-order valence-corrected chi connectivity index (χ2v) is 9.43. The van der Waals surface area contributed by atoms with E-state index in [1.54, 1.807) is 0 Å². The van der Waals surface area contributed by atoms with Crippen molar-refractivity contribution in [3.8, 4) is 0 Å². The molecule has 2 amide bonds. The van der Waals surface area contributed by atoms with E-state index in [-0.39, 0.29) is 17.2 Å². The van der Waals surface area contributed by atoms with Crippen LogP contribution in [0.25, 0.3) is 0 Å². The Morgan fingerprint density at radius 2 is 1.63 bits per heavy atom. The van der Waals surface area contributed by atoms with Gasteiger partial charge in [0.25, 0.3) is 0 Å². The van der Waals surface area contributed by atoms with Crippen LogP contribution in [0.2, 0.25) is 0 Å². The number of amides is 2. The molecule has 2 fully saturated rings. The standard InChI is InChI=1S/C23H35N5O2/c1-26(2)22-24-16-18-10-12-23(21(18)25-22)11-7-15-28(17-23)20(30)9-8-19(29)27-13-5-3-4-6-14-27/h16H,3-15,17H2,1-2H3. The summed E-state index contributed by atoms with van der Waals surface area (Å²) in [6.07, 6.45) is 11.3. The summed E-state index contributed by atoms with van der Waals surface area (Å²) < 4.78 is 0. The molecule has 3 heterocycles. The number of anilines is 1. The summed E-state index contributed by atoms with van der Waals surface area (Å²) in [6.45, 7) is 3.22. The lowest BCUT2D eigenvalue weighted by Crippen LogP contribution is -2.48. The third-order valence-corrected chi connectivity index (χ3v) is 7.07. The molecule has 7 nitrogen and oxygen atoms in total. The van der Waals surface area contributed by atoms with Crippen molar-refractivity contribution < 1.29 is 9.59 Å². The van der Waals surface area contributed by atoms with E-state index in [9.17, 15) is 9.59 Å². The minimum atomic E-state index is -0.0499. The second-order valence-electron chi connectivity index (χ2n) is 9.43. The van der Waals surface area contributed by atoms with E-state index in [2.05, 4.69) is 4.98 Å². The van der Waals surface area contributed by atoms with Gasteiger partial charge in [-0.3, -0.25) is 9.59 Å². The van der Waals surface area contributed by atoms with Gasteiger partial charge in [-0.1, -0.05) is 12.8 Å². The number of nitrogens with zero attached hydrogens (tertiary/aromatic N) is 5. The minimum Gasteiger partial charge on any atom is -0.347 e. The Balaban J connectivity index is 1.39. The quantitative estimate of drug-likeness (QED) is 0.759. The molecule has 3 aliphatic rings. The highest BCUT2D eigenvalue weighted by atomic mass is 16.2. The summed E-state index contributed by atoms with van der Waals surface area (Å²) in [5.41, 5.74) is 2.32. The van der Waals surface area contributed by atoms with Crippen molar-refractivity contribution in [3.63, 3.8) is 0 Å². The number of fused-ring (bicyclic) bond motifs is 2. The topological polar surface area (TPSA) is 69.6 Å². The maximum absolute atomic E-state index is 13.0. The number of rotatable bonds is 4. The molecule has 1 aromatic rings. The average Bonchev–Trinajstić information content (AvgIpc) is 2.93. The second kappa shape index (κ2) is 8.90. The van der Waals surface area contributed by atoms with Crippen LogP contribution in [-0.2, 0) is 21.4 Å². The molecule has 2 saturated heterocycles. The first kappa shape index (κ1) is 21.1. The highest BCUT2D eigenvalue weighted by Gasteiger charge is 2.44. The summed E-state index contributed by atoms with van der Waals surface area (Å²) in [7, 11) is 3.92. The highest BCUT2D eigenvalue weighted by Crippen LogP contribution is 2.44. The first-order valence-electron chi connectivity index (χ1n) is 11.6. The van der Waals surface area contributed by atoms with Gasteiger partial charge in [-0.05, 0) is 44.1 Å². The molecular formula is C23H35N5O2. The van der Waals surface area contributed by atoms with E-state index in [4.69, 9.17) is 4.98 Å². The van der Waals surface area contributed by atoms with E-state index in [1.165, 1.54) is 18.4 Å². The van der Waals surface area contributed by atoms with Gasteiger partial charge >= 0.3 is 0 Å². The van der Waals surface area contributed by atoms with Gasteiger partial charge in [-0.15, -0.1) is 0 Å². The number of hydrogen-bond donors (Lipinski definition) is 0. The molecule has 1 aliphatic carbocycles. The predicted molar refractivity (Wildman–Crippen MR) is 116 cm³/mol. The van der Waals surface area contributed by atoms with Gasteiger partial charge < -0.3 is 14.7 Å². The molecule has 30 heavy (non-hydrogen) atoms. The monoisotopic (exact) mass is 413 g/mol. The summed E-state index contributed by atoms with van der Waals surface area (Å²) >= 11 is 0. The maximum Gasteiger partial charge on any atom is 0.225 e. The van der Waals surface area contributed by atoms with Crippen molar-refractivity contribution in [2.24, 2.45) is 0 Å². The summed E-state index contributed by atoms with van der Waals surface area (Å²) in [6, 6.07) is 0. The molecule has 0 aromatic carbocycles. The number of carbonyl (C=O) groups excluding carboxylic acids is 2. The van der Waals surface area contributed by atoms with Crippen LogP contribution in [0.15, 0.2) is 6.20 Å². The molecule has 0 bridgehead atoms. The number of likely N-dealkylation sites (tertiary alicyclic amines) is 2. The van der Waals surface area contributed by atoms with Crippen LogP contribution in [0, 0.1) is 0 Å². The number of hydrogen-bond acceptors (Lipinski definition) is 5. The fourth-order valence-corrected chi connectivity index (χ4v) is 5.34. The molecule has 2 aliphatic heterocycles. The summed E-state index contributed by atoms with van der Waals surface area (Å²) in [4.78, 5) is 40.8. The Morgan fingerprint density at radius 1 is 0.967 bits per heavy atom. The van der Waals surface area contributed by atoms with Crippen molar-refractivity contribution in [2.45, 2.75) is 69.6 Å². The minimum absolute atomic E-state index is 0.0499. The van der Waals surface area contributed by atoms with Gasteiger partial charge in [-0.2, -0.15) is 0 Å². The molecule has 1 aromatic heterocycles. The molecular weight excluding hydrogens is 378 g/mol. The van der Waals surface area contributed by atoms with Gasteiger partial charge in [0.15, 0.2) is 0 Å². The number of piperidine rings is 1. The van der Waals surface area contributed by atoms with Crippen LogP contribution >= 0.6 is 0 Å². The molecule has 0 radical (unpaired) electrons. The zero-order valence-electron chi connectivity index (χ0n) is 18.5. The number of aromatic nitrogens is 2. The zero-order chi connectivity index (χ0) is 21.1. The molecule has 1 unspecified atom stereocenters. The van der Waals surface area contributed by atoms with Crippen molar-refractivity contribution in [3.05, 3.63) is 17.5 Å². The fourth-order valence-electron chi connectivity index (χ4n) is 5.34. The van der Waals surface area contributed by atoms with Crippen molar-refractivity contribution in [1.29, 1.82) is 0 Å². The van der Waals surface area contributed by atoms with E-state index < -0.39 is 0 Å². The summed E-state index contributed by atoms with van der Waals surface area (Å²) in [5, 5.41) is 0. The molecule has 0 N–H and O–H groups in total. The molecule has 1 spiro atoms. The molecule has 1 atom stereocenters. The molecule has 4 rings (SSSR count). The van der Waals surface area contributed by atoms with Gasteiger partial charge in [-0.25, -0.2) is 9.97 Å². The van der Waals surface area contributed by atoms with E-state index in [0.717, 1.165) is 76.3 Å². The lowest BCUT2D eigenvalue weighted by molar-refractivity contribution is -0.138. The van der Waals surface area contributed by atoms with Gasteiger partial charge in [0.05, 0.1) is 5.69 Å². The Bertz CT molecular complexity index is 784. The molecule has 164 valence electrons. The van der Waals surface area contributed by atoms with Crippen LogP contribution in [-0.4, -0.2) is 71.9 Å². The lowest BCUT2D eigenvalue weighted by Gasteiger charge is -2.40. The van der Waals surface area contributed by atoms with Crippen LogP contribution in [0.3, 0.4) is 0 Å². The number of carbonyl (C=O) groups is 2. The van der Waals surface area contributed by atoms with Crippen molar-refractivity contribution in [1.82, 2.24) is 19.8 Å². The lowest BCUT2D eigenvalue weighted by atomic mass is 9.77. The van der Waals surface area contributed by atoms with Crippen LogP contribution in [0.4, 0.5) is 5.95 Å². The largest absolute Gasteiger partial charge is 0.347 e. The van der Waals surface area contributed by atoms with Crippen LogP contribution in [0.5, 0.6) is 0 Å². The maximum atomic E-state index is 13.0. The molecule has 0 saturated carbocycles. The zero-order valence-corrected chi connectivity index (χ0v) is 18.5. The van der Waals surface area contributed by atoms with Crippen molar-refractivity contribution >= 4 is 17.8 Å². The van der Waals surface area contributed by atoms with Crippen LogP contribution < -0.4 is 4.90 Å². The first-order chi connectivity index (χ1) is 14.5. The van der Waals surface area contributed by atoms with E-state index in [0.29, 0.717) is 12.8 Å². The predicted octanol–water partition coefficient (Wildman–Crippen LogP) is 2.53. The highest BCUT2D eigenvalue weighted by molar-refractivity contribution is 5.84. The normalized spacial score (nSPS) is 23.9. The van der Waals surface area contributed by atoms with E-state index >= 15 is 0 Å². The number of aryl methyl sites for hydroxylation is 1. The van der Waals surface area contributed by atoms with E-state index in [1.807, 2.05) is 35.0 Å². The Hall–Kier alpha value is -2.18. The van der Waals surface area contributed by atoms with Gasteiger partial charge in [0.1, 0.15) is 0 Å². The smallest absolute Gasteiger partial charge is 0.225 e. The average molecular weight is 414 g/mol. The Morgan fingerprint density at radius 3 is 2.33 bits per heavy atom. The summed E-state index contributed by atoms with van der Waals surface area (Å²) in [5.74, 6) is 1.00. The van der Waals surface area contributed by atoms with Crippen LogP contribution in [0.1, 0.15) is 69.0 Å². The first-order valence-corrected chi connectivity index (χ1v) is 11.6. The van der Waals surface area contributed by atoms with Gasteiger partial charge in [0.2, 0.25) is 17.8 Å². The Labute approximate surface area is 179 Å².